The molecule has 87 valence electrons. The van der Waals surface area contributed by atoms with Crippen LogP contribution in [0.2, 0.25) is 0 Å². The molecule has 1 radical (unpaired) electrons. The number of carbonyl (C=O) groups excluding carboxylic acids is 1. The second kappa shape index (κ2) is 5.69. The average molecular weight is 218 g/mol. The van der Waals surface area contributed by atoms with Crippen molar-refractivity contribution < 1.29 is 4.79 Å². The molecule has 16 heavy (non-hydrogen) atoms. The van der Waals surface area contributed by atoms with Gasteiger partial charge in [-0.3, -0.25) is 4.79 Å². The lowest BCUT2D eigenvalue weighted by Crippen LogP contribution is -2.32. The van der Waals surface area contributed by atoms with E-state index in [2.05, 4.69) is 38.8 Å². The first-order valence-electron chi connectivity index (χ1n) is 5.78. The maximum atomic E-state index is 10.4. The van der Waals surface area contributed by atoms with E-state index >= 15 is 0 Å². The zero-order chi connectivity index (χ0) is 12.1. The van der Waals surface area contributed by atoms with Crippen molar-refractivity contribution in [2.24, 2.45) is 5.92 Å². The Bertz CT molecular complexity index is 300. The number of hydrogen-bond donors (Lipinski definition) is 0. The third-order valence-corrected chi connectivity index (χ3v) is 2.62. The van der Waals surface area contributed by atoms with Gasteiger partial charge >= 0.3 is 0 Å². The van der Waals surface area contributed by atoms with Crippen LogP contribution in [0.15, 0.2) is 36.1 Å². The molecule has 0 spiro atoms. The predicted octanol–water partition coefficient (Wildman–Crippen LogP) is 2.84. The summed E-state index contributed by atoms with van der Waals surface area (Å²) < 4.78 is 0. The number of allylic oxidation sites excluding steroid dienone is 5. The van der Waals surface area contributed by atoms with Crippen LogP contribution in [-0.4, -0.2) is 23.3 Å². The normalized spacial score (nSPS) is 19.4. The second-order valence-corrected chi connectivity index (χ2v) is 4.63. The first-order chi connectivity index (χ1) is 7.54. The molecule has 1 aliphatic rings. The summed E-state index contributed by atoms with van der Waals surface area (Å²) in [6.45, 7) is 8.70. The van der Waals surface area contributed by atoms with Crippen LogP contribution in [-0.2, 0) is 4.79 Å². The van der Waals surface area contributed by atoms with Crippen molar-refractivity contribution in [1.82, 2.24) is 4.90 Å². The fourth-order valence-electron chi connectivity index (χ4n) is 1.78. The Labute approximate surface area is 98.3 Å². The highest BCUT2D eigenvalue weighted by Crippen LogP contribution is 2.15. The monoisotopic (exact) mass is 218 g/mol. The van der Waals surface area contributed by atoms with Crippen LogP contribution in [0.3, 0.4) is 0 Å². The van der Waals surface area contributed by atoms with Gasteiger partial charge in [0.25, 0.3) is 0 Å². The Morgan fingerprint density at radius 3 is 2.06 bits per heavy atom. The molecule has 0 fully saturated rings. The van der Waals surface area contributed by atoms with Gasteiger partial charge in [0.2, 0.25) is 6.29 Å². The van der Waals surface area contributed by atoms with Crippen LogP contribution in [0.4, 0.5) is 0 Å². The summed E-state index contributed by atoms with van der Waals surface area (Å²) in [4.78, 5) is 12.7. The van der Waals surface area contributed by atoms with Crippen LogP contribution < -0.4 is 0 Å². The Morgan fingerprint density at radius 1 is 1.19 bits per heavy atom. The molecule has 2 heteroatoms. The Hall–Kier alpha value is -1.31. The van der Waals surface area contributed by atoms with E-state index in [9.17, 15) is 4.79 Å². The van der Waals surface area contributed by atoms with Crippen molar-refractivity contribution in [3.63, 3.8) is 0 Å². The van der Waals surface area contributed by atoms with E-state index in [1.54, 1.807) is 0 Å². The molecule has 0 amide bonds. The highest BCUT2D eigenvalue weighted by molar-refractivity contribution is 5.62. The van der Waals surface area contributed by atoms with Gasteiger partial charge in [-0.15, -0.1) is 0 Å². The van der Waals surface area contributed by atoms with Gasteiger partial charge in [0.1, 0.15) is 0 Å². The van der Waals surface area contributed by atoms with Gasteiger partial charge in [-0.2, -0.15) is 0 Å². The SMILES string of the molecule is CC(C)N(C=C1C=CC([C]=O)C=C1)C(C)C. The van der Waals surface area contributed by atoms with Crippen LogP contribution in [0.5, 0.6) is 0 Å². The molecule has 2 nitrogen and oxygen atoms in total. The van der Waals surface area contributed by atoms with Gasteiger partial charge in [-0.1, -0.05) is 24.3 Å². The molecule has 0 aromatic rings. The molecule has 0 atom stereocenters. The minimum Gasteiger partial charge on any atom is -0.372 e. The minimum absolute atomic E-state index is 0.177. The van der Waals surface area contributed by atoms with E-state index in [-0.39, 0.29) is 5.92 Å². The summed E-state index contributed by atoms with van der Waals surface area (Å²) in [5.41, 5.74) is 1.13. The van der Waals surface area contributed by atoms with Crippen molar-refractivity contribution in [3.05, 3.63) is 36.1 Å². The average Bonchev–Trinajstić information content (AvgIpc) is 2.25. The Kier molecular flexibility index (Phi) is 4.53. The summed E-state index contributed by atoms with van der Waals surface area (Å²) in [5, 5.41) is 0. The van der Waals surface area contributed by atoms with Gasteiger partial charge in [-0.25, -0.2) is 0 Å². The third-order valence-electron chi connectivity index (χ3n) is 2.62. The van der Waals surface area contributed by atoms with E-state index in [0.717, 1.165) is 5.57 Å². The molecule has 0 heterocycles. The summed E-state index contributed by atoms with van der Waals surface area (Å²) in [6, 6.07) is 0.953. The highest BCUT2D eigenvalue weighted by atomic mass is 16.1. The lowest BCUT2D eigenvalue weighted by atomic mass is 10.0. The molecule has 0 aromatic carbocycles. The van der Waals surface area contributed by atoms with Gasteiger partial charge in [0.15, 0.2) is 0 Å². The minimum atomic E-state index is -0.177. The fraction of sp³-hybridized carbons (Fsp3) is 0.500. The molecule has 0 saturated heterocycles. The van der Waals surface area contributed by atoms with Gasteiger partial charge in [0, 0.05) is 18.3 Å². The van der Waals surface area contributed by atoms with Crippen molar-refractivity contribution in [2.45, 2.75) is 39.8 Å². The van der Waals surface area contributed by atoms with Crippen molar-refractivity contribution >= 4 is 6.29 Å². The van der Waals surface area contributed by atoms with Gasteiger partial charge in [0.05, 0.1) is 5.92 Å². The topological polar surface area (TPSA) is 20.3 Å². The molecule has 0 N–H and O–H groups in total. The highest BCUT2D eigenvalue weighted by Gasteiger charge is 2.10. The summed E-state index contributed by atoms with van der Waals surface area (Å²) >= 11 is 0. The quantitative estimate of drug-likeness (QED) is 0.723. The zero-order valence-electron chi connectivity index (χ0n) is 10.5. The van der Waals surface area contributed by atoms with Crippen molar-refractivity contribution in [1.29, 1.82) is 0 Å². The second-order valence-electron chi connectivity index (χ2n) is 4.63. The molecule has 0 aromatic heterocycles. The molecular weight excluding hydrogens is 198 g/mol. The van der Waals surface area contributed by atoms with Crippen LogP contribution in [0.1, 0.15) is 27.7 Å². The molecule has 1 aliphatic carbocycles. The molecule has 0 bridgehead atoms. The predicted molar refractivity (Wildman–Crippen MR) is 67.7 cm³/mol. The largest absolute Gasteiger partial charge is 0.372 e. The van der Waals surface area contributed by atoms with E-state index in [1.165, 1.54) is 0 Å². The smallest absolute Gasteiger partial charge is 0.209 e. The van der Waals surface area contributed by atoms with Gasteiger partial charge < -0.3 is 4.90 Å². The summed E-state index contributed by atoms with van der Waals surface area (Å²) in [5.74, 6) is -0.177. The molecule has 0 aliphatic heterocycles. The van der Waals surface area contributed by atoms with Crippen LogP contribution in [0, 0.1) is 5.92 Å². The molecule has 0 saturated carbocycles. The Morgan fingerprint density at radius 2 is 1.69 bits per heavy atom. The fourth-order valence-corrected chi connectivity index (χ4v) is 1.78. The van der Waals surface area contributed by atoms with E-state index in [4.69, 9.17) is 0 Å². The zero-order valence-corrected chi connectivity index (χ0v) is 10.5. The first-order valence-corrected chi connectivity index (χ1v) is 5.78. The van der Waals surface area contributed by atoms with Crippen LogP contribution in [0.25, 0.3) is 0 Å². The third kappa shape index (κ3) is 3.37. The van der Waals surface area contributed by atoms with Crippen molar-refractivity contribution in [2.75, 3.05) is 0 Å². The molecule has 1 rings (SSSR count). The summed E-state index contributed by atoms with van der Waals surface area (Å²) in [7, 11) is 0. The maximum absolute atomic E-state index is 10.4. The molecular formula is C14H20NO. The standard InChI is InChI=1S/C14H20NO/c1-11(2)15(12(3)4)9-13-5-7-14(10-16)8-6-13/h5-9,11-12,14H,1-4H3. The number of hydrogen-bond acceptors (Lipinski definition) is 2. The van der Waals surface area contributed by atoms with E-state index in [1.807, 2.05) is 30.6 Å². The van der Waals surface area contributed by atoms with Crippen LogP contribution >= 0.6 is 0 Å². The lowest BCUT2D eigenvalue weighted by molar-refractivity contribution is 0.255. The van der Waals surface area contributed by atoms with E-state index < -0.39 is 0 Å². The maximum Gasteiger partial charge on any atom is 0.209 e. The first kappa shape index (κ1) is 12.8. The Balaban J connectivity index is 2.77. The molecule has 0 unspecified atom stereocenters. The van der Waals surface area contributed by atoms with Gasteiger partial charge in [-0.05, 0) is 33.3 Å². The van der Waals surface area contributed by atoms with E-state index in [0.29, 0.717) is 12.1 Å². The number of nitrogens with zero attached hydrogens (tertiary/aromatic N) is 1. The lowest BCUT2D eigenvalue weighted by Gasteiger charge is -2.30. The summed E-state index contributed by atoms with van der Waals surface area (Å²) in [6.07, 6.45) is 11.8. The van der Waals surface area contributed by atoms with Crippen molar-refractivity contribution in [3.8, 4) is 0 Å². The number of rotatable bonds is 4.